The Morgan fingerprint density at radius 3 is 2.51 bits per heavy atom. The molecule has 7 nitrogen and oxygen atoms in total. The molecule has 0 saturated heterocycles. The second kappa shape index (κ2) is 11.3. The van der Waals surface area contributed by atoms with Crippen molar-refractivity contribution < 1.29 is 18.7 Å². The molecule has 39 heavy (non-hydrogen) atoms. The number of fused-ring (bicyclic) bond motifs is 1. The van der Waals surface area contributed by atoms with Crippen molar-refractivity contribution in [3.05, 3.63) is 95.8 Å². The van der Waals surface area contributed by atoms with Gasteiger partial charge in [-0.05, 0) is 55.8 Å². The third kappa shape index (κ3) is 5.54. The standard InChI is InChI=1S/C30H29FN4O3S/c1-19(2)32-25(36)17-34-26(37)18-39-29(21-10-7-11-22(31)16-21)27-28(20-8-5-4-6-9-20)33-35(30(27)34)23-12-14-24(38-3)15-13-23/h4-16,19,29H,17-18H2,1-3H3,(H,32,36)/t29-/m1/s1. The zero-order valence-corrected chi connectivity index (χ0v) is 22.7. The molecule has 0 spiro atoms. The van der Waals surface area contributed by atoms with Gasteiger partial charge in [-0.25, -0.2) is 9.07 Å². The van der Waals surface area contributed by atoms with Crippen molar-refractivity contribution in [1.82, 2.24) is 15.1 Å². The maximum atomic E-state index is 14.4. The Hall–Kier alpha value is -4.11. The van der Waals surface area contributed by atoms with Crippen molar-refractivity contribution in [1.29, 1.82) is 0 Å². The molecular weight excluding hydrogens is 515 g/mol. The first-order valence-corrected chi connectivity index (χ1v) is 13.7. The van der Waals surface area contributed by atoms with Crippen molar-refractivity contribution in [2.75, 3.05) is 24.3 Å². The molecule has 1 aromatic heterocycles. The lowest BCUT2D eigenvalue weighted by atomic mass is 9.99. The summed E-state index contributed by atoms with van der Waals surface area (Å²) in [5.41, 5.74) is 3.67. The van der Waals surface area contributed by atoms with E-state index in [0.717, 1.165) is 11.1 Å². The van der Waals surface area contributed by atoms with Crippen molar-refractivity contribution >= 4 is 29.4 Å². The minimum Gasteiger partial charge on any atom is -0.497 e. The average Bonchev–Trinajstić information content (AvgIpc) is 3.25. The van der Waals surface area contributed by atoms with E-state index in [1.165, 1.54) is 28.8 Å². The number of hydrogen-bond acceptors (Lipinski definition) is 5. The Morgan fingerprint density at radius 1 is 1.10 bits per heavy atom. The van der Waals surface area contributed by atoms with Gasteiger partial charge in [0.2, 0.25) is 11.8 Å². The van der Waals surface area contributed by atoms with E-state index in [0.29, 0.717) is 28.5 Å². The number of nitrogens with zero attached hydrogens (tertiary/aromatic N) is 3. The number of thioether (sulfide) groups is 1. The number of methoxy groups -OCH3 is 1. The van der Waals surface area contributed by atoms with Gasteiger partial charge in [0.1, 0.15) is 23.9 Å². The topological polar surface area (TPSA) is 76.5 Å². The predicted octanol–water partition coefficient (Wildman–Crippen LogP) is 5.38. The summed E-state index contributed by atoms with van der Waals surface area (Å²) in [6.45, 7) is 3.58. The first-order valence-electron chi connectivity index (χ1n) is 12.6. The van der Waals surface area contributed by atoms with Crippen LogP contribution in [-0.4, -0.2) is 47.0 Å². The molecule has 3 aromatic carbocycles. The van der Waals surface area contributed by atoms with E-state index in [2.05, 4.69) is 5.32 Å². The number of rotatable bonds is 7. The number of aromatic nitrogens is 2. The summed E-state index contributed by atoms with van der Waals surface area (Å²) in [6.07, 6.45) is 0. The van der Waals surface area contributed by atoms with E-state index in [1.807, 2.05) is 74.5 Å². The summed E-state index contributed by atoms with van der Waals surface area (Å²) in [5.74, 6) is 0.416. The van der Waals surface area contributed by atoms with Crippen LogP contribution < -0.4 is 15.0 Å². The summed E-state index contributed by atoms with van der Waals surface area (Å²) in [7, 11) is 1.59. The highest BCUT2D eigenvalue weighted by Crippen LogP contribution is 2.48. The first kappa shape index (κ1) is 26.5. The van der Waals surface area contributed by atoms with Gasteiger partial charge in [-0.1, -0.05) is 42.5 Å². The number of amides is 2. The molecule has 0 aliphatic carbocycles. The highest BCUT2D eigenvalue weighted by molar-refractivity contribution is 8.00. The van der Waals surface area contributed by atoms with E-state index < -0.39 is 5.25 Å². The molecule has 0 fully saturated rings. The molecule has 1 atom stereocenters. The largest absolute Gasteiger partial charge is 0.497 e. The minimum atomic E-state index is -0.403. The summed E-state index contributed by atoms with van der Waals surface area (Å²) in [6, 6.07) is 23.4. The maximum Gasteiger partial charge on any atom is 0.240 e. The van der Waals surface area contributed by atoms with Crippen molar-refractivity contribution in [3.63, 3.8) is 0 Å². The van der Waals surface area contributed by atoms with Crippen molar-refractivity contribution in [2.24, 2.45) is 0 Å². The quantitative estimate of drug-likeness (QED) is 0.338. The van der Waals surface area contributed by atoms with Gasteiger partial charge in [-0.15, -0.1) is 11.8 Å². The fourth-order valence-electron chi connectivity index (χ4n) is 4.68. The Morgan fingerprint density at radius 2 is 1.85 bits per heavy atom. The summed E-state index contributed by atoms with van der Waals surface area (Å²) in [4.78, 5) is 28.2. The van der Waals surface area contributed by atoms with Gasteiger partial charge in [0.05, 0.1) is 29.5 Å². The molecule has 1 aliphatic heterocycles. The van der Waals surface area contributed by atoms with Gasteiger partial charge >= 0.3 is 0 Å². The van der Waals surface area contributed by atoms with Gasteiger partial charge in [-0.3, -0.25) is 14.5 Å². The Balaban J connectivity index is 1.79. The monoisotopic (exact) mass is 544 g/mol. The zero-order valence-electron chi connectivity index (χ0n) is 21.9. The first-order chi connectivity index (χ1) is 18.9. The lowest BCUT2D eigenvalue weighted by Gasteiger charge is -2.23. The highest BCUT2D eigenvalue weighted by atomic mass is 32.2. The number of anilines is 1. The van der Waals surface area contributed by atoms with Crippen LogP contribution in [0.15, 0.2) is 78.9 Å². The zero-order chi connectivity index (χ0) is 27.5. The fourth-order valence-corrected chi connectivity index (χ4v) is 5.86. The molecule has 5 rings (SSSR count). The van der Waals surface area contributed by atoms with E-state index in [-0.39, 0.29) is 36.0 Å². The van der Waals surface area contributed by atoms with E-state index in [1.54, 1.807) is 17.9 Å². The SMILES string of the molecule is COc1ccc(-n2nc(-c3ccccc3)c3c2N(CC(=O)NC(C)C)C(=O)CS[C@@H]3c2cccc(F)c2)cc1. The molecule has 0 unspecified atom stereocenters. The summed E-state index contributed by atoms with van der Waals surface area (Å²) >= 11 is 1.40. The molecule has 2 heterocycles. The molecule has 9 heteroatoms. The van der Waals surface area contributed by atoms with Crippen molar-refractivity contribution in [3.8, 4) is 22.7 Å². The molecule has 2 amide bonds. The van der Waals surface area contributed by atoms with Crippen LogP contribution in [0.2, 0.25) is 0 Å². The molecule has 1 aliphatic rings. The number of ether oxygens (including phenoxy) is 1. The van der Waals surface area contributed by atoms with Gasteiger partial charge in [0.15, 0.2) is 0 Å². The number of benzene rings is 3. The maximum absolute atomic E-state index is 14.4. The normalized spacial score (nSPS) is 15.2. The lowest BCUT2D eigenvalue weighted by molar-refractivity contribution is -0.123. The van der Waals surface area contributed by atoms with Crippen LogP contribution in [0.5, 0.6) is 5.75 Å². The highest BCUT2D eigenvalue weighted by Gasteiger charge is 2.37. The third-order valence-electron chi connectivity index (χ3n) is 6.36. The van der Waals surface area contributed by atoms with Crippen LogP contribution in [0.25, 0.3) is 16.9 Å². The van der Waals surface area contributed by atoms with Gasteiger partial charge in [0, 0.05) is 17.2 Å². The van der Waals surface area contributed by atoms with Crippen LogP contribution >= 0.6 is 11.8 Å². The molecule has 4 aromatic rings. The summed E-state index contributed by atoms with van der Waals surface area (Å²) < 4.78 is 21.5. The van der Waals surface area contributed by atoms with Crippen LogP contribution in [0.1, 0.15) is 30.2 Å². The number of carbonyl (C=O) groups excluding carboxylic acids is 2. The van der Waals surface area contributed by atoms with Gasteiger partial charge in [-0.2, -0.15) is 5.10 Å². The number of halogens is 1. The predicted molar refractivity (Wildman–Crippen MR) is 152 cm³/mol. The van der Waals surface area contributed by atoms with E-state index >= 15 is 0 Å². The molecule has 200 valence electrons. The number of hydrogen-bond donors (Lipinski definition) is 1. The Labute approximate surface area is 231 Å². The van der Waals surface area contributed by atoms with E-state index in [4.69, 9.17) is 9.84 Å². The molecule has 0 saturated carbocycles. The molecule has 1 N–H and O–H groups in total. The van der Waals surface area contributed by atoms with E-state index in [9.17, 15) is 14.0 Å². The fraction of sp³-hybridized carbons (Fsp3) is 0.233. The van der Waals surface area contributed by atoms with Crippen LogP contribution in [-0.2, 0) is 9.59 Å². The second-order valence-electron chi connectivity index (χ2n) is 9.51. The van der Waals surface area contributed by atoms with Crippen molar-refractivity contribution in [2.45, 2.75) is 25.1 Å². The van der Waals surface area contributed by atoms with Gasteiger partial charge < -0.3 is 10.1 Å². The third-order valence-corrected chi connectivity index (χ3v) is 7.61. The molecular formula is C30H29FN4O3S. The Kier molecular flexibility index (Phi) is 7.70. The number of carbonyl (C=O) groups is 2. The van der Waals surface area contributed by atoms with Crippen LogP contribution in [0.3, 0.4) is 0 Å². The smallest absolute Gasteiger partial charge is 0.240 e. The van der Waals surface area contributed by atoms with Crippen LogP contribution in [0, 0.1) is 5.82 Å². The second-order valence-corrected chi connectivity index (χ2v) is 10.6. The average molecular weight is 545 g/mol. The van der Waals surface area contributed by atoms with Crippen LogP contribution in [0.4, 0.5) is 10.2 Å². The molecule has 0 radical (unpaired) electrons. The number of nitrogens with one attached hydrogen (secondary N) is 1. The lowest BCUT2D eigenvalue weighted by Crippen LogP contribution is -2.44. The van der Waals surface area contributed by atoms with Gasteiger partial charge in [0.25, 0.3) is 0 Å². The Bertz CT molecular complexity index is 1490. The molecule has 0 bridgehead atoms. The summed E-state index contributed by atoms with van der Waals surface area (Å²) in [5, 5.41) is 7.51. The minimum absolute atomic E-state index is 0.0835.